The highest BCUT2D eigenvalue weighted by Crippen LogP contribution is 2.12. The van der Waals surface area contributed by atoms with Crippen LogP contribution in [0.3, 0.4) is 0 Å². The summed E-state index contributed by atoms with van der Waals surface area (Å²) in [5.41, 5.74) is 12.0. The second-order valence-electron chi connectivity index (χ2n) is 8.72. The Morgan fingerprint density at radius 2 is 1.34 bits per heavy atom. The quantitative estimate of drug-likeness (QED) is 0.0992. The number of aliphatic imine (C=N–C) groups is 1. The third-order valence-corrected chi connectivity index (χ3v) is 5.55. The Labute approximate surface area is 220 Å². The molecule has 3 atom stereocenters. The molecule has 12 nitrogen and oxygen atoms in total. The highest BCUT2D eigenvalue weighted by atomic mass is 16.4. The van der Waals surface area contributed by atoms with E-state index in [-0.39, 0.29) is 37.5 Å². The Hall–Kier alpha value is -4.61. The molecule has 9 N–H and O–H groups in total. The zero-order chi connectivity index (χ0) is 28.1. The summed E-state index contributed by atoms with van der Waals surface area (Å²) in [6, 6.07) is 11.7. The molecule has 0 spiro atoms. The van der Waals surface area contributed by atoms with Gasteiger partial charge in [-0.15, -0.1) is 0 Å². The number of guanidine groups is 1. The van der Waals surface area contributed by atoms with E-state index in [1.165, 1.54) is 19.1 Å². The molecular formula is C26H34N6O6. The lowest BCUT2D eigenvalue weighted by molar-refractivity contribution is -0.142. The molecule has 0 unspecified atom stereocenters. The van der Waals surface area contributed by atoms with Gasteiger partial charge in [-0.3, -0.25) is 19.4 Å². The van der Waals surface area contributed by atoms with Crippen molar-refractivity contribution in [2.75, 3.05) is 6.54 Å². The van der Waals surface area contributed by atoms with E-state index in [0.29, 0.717) is 12.0 Å². The first kappa shape index (κ1) is 29.6. The molecule has 0 radical (unpaired) electrons. The molecule has 0 aliphatic heterocycles. The van der Waals surface area contributed by atoms with E-state index >= 15 is 0 Å². The minimum absolute atomic E-state index is 0.0557. The first-order valence-corrected chi connectivity index (χ1v) is 12.0. The lowest BCUT2D eigenvalue weighted by atomic mass is 10.0. The van der Waals surface area contributed by atoms with Gasteiger partial charge >= 0.3 is 5.97 Å². The first-order chi connectivity index (χ1) is 18.0. The van der Waals surface area contributed by atoms with Crippen molar-refractivity contribution in [1.29, 1.82) is 0 Å². The lowest BCUT2D eigenvalue weighted by Gasteiger charge is -2.24. The van der Waals surface area contributed by atoms with E-state index in [4.69, 9.17) is 11.5 Å². The van der Waals surface area contributed by atoms with Crippen molar-refractivity contribution >= 4 is 29.7 Å². The summed E-state index contributed by atoms with van der Waals surface area (Å²) in [6.07, 6.45) is 0.569. The number of nitrogens with one attached hydrogen (secondary N) is 3. The Bertz CT molecular complexity index is 1120. The van der Waals surface area contributed by atoms with Gasteiger partial charge in [0.05, 0.1) is 0 Å². The number of phenols is 1. The summed E-state index contributed by atoms with van der Waals surface area (Å²) in [4.78, 5) is 53.8. The Balaban J connectivity index is 2.20. The van der Waals surface area contributed by atoms with Gasteiger partial charge in [-0.1, -0.05) is 42.5 Å². The number of carboxylic acid groups (broad SMARTS) is 1. The van der Waals surface area contributed by atoms with E-state index in [0.717, 1.165) is 5.56 Å². The minimum Gasteiger partial charge on any atom is -0.508 e. The zero-order valence-electron chi connectivity index (χ0n) is 21.1. The molecule has 0 heterocycles. The molecule has 12 heteroatoms. The smallest absolute Gasteiger partial charge is 0.326 e. The van der Waals surface area contributed by atoms with Crippen LogP contribution in [0.5, 0.6) is 5.75 Å². The van der Waals surface area contributed by atoms with E-state index in [1.54, 1.807) is 42.5 Å². The number of benzene rings is 2. The van der Waals surface area contributed by atoms with E-state index in [1.807, 2.05) is 0 Å². The van der Waals surface area contributed by atoms with Gasteiger partial charge in [-0.25, -0.2) is 4.79 Å². The number of nitrogens with two attached hydrogens (primary N) is 2. The van der Waals surface area contributed by atoms with Crippen LogP contribution in [0, 0.1) is 0 Å². The van der Waals surface area contributed by atoms with Crippen molar-refractivity contribution in [2.45, 2.75) is 50.7 Å². The van der Waals surface area contributed by atoms with Crippen LogP contribution in [0.2, 0.25) is 0 Å². The Kier molecular flexibility index (Phi) is 11.6. The molecule has 0 aliphatic carbocycles. The molecule has 2 rings (SSSR count). The number of carbonyl (C=O) groups excluding carboxylic acids is 3. The van der Waals surface area contributed by atoms with Gasteiger partial charge < -0.3 is 37.6 Å². The van der Waals surface area contributed by atoms with E-state index in [9.17, 15) is 29.4 Å². The number of carbonyl (C=O) groups is 4. The van der Waals surface area contributed by atoms with Crippen LogP contribution in [-0.4, -0.2) is 64.5 Å². The Morgan fingerprint density at radius 3 is 1.87 bits per heavy atom. The third-order valence-electron chi connectivity index (χ3n) is 5.55. The number of hydrogen-bond acceptors (Lipinski definition) is 6. The average Bonchev–Trinajstić information content (AvgIpc) is 2.86. The summed E-state index contributed by atoms with van der Waals surface area (Å²) in [7, 11) is 0. The van der Waals surface area contributed by atoms with Crippen molar-refractivity contribution in [1.82, 2.24) is 16.0 Å². The normalized spacial score (nSPS) is 12.9. The molecular weight excluding hydrogens is 492 g/mol. The molecule has 0 bridgehead atoms. The predicted molar refractivity (Wildman–Crippen MR) is 141 cm³/mol. The largest absolute Gasteiger partial charge is 0.508 e. The summed E-state index contributed by atoms with van der Waals surface area (Å²) in [5.74, 6) is -3.06. The molecule has 0 aromatic heterocycles. The molecule has 0 fully saturated rings. The minimum atomic E-state index is -1.24. The molecule has 204 valence electrons. The number of phenolic OH excluding ortho intramolecular Hbond substituents is 1. The molecule has 3 amide bonds. The van der Waals surface area contributed by atoms with Gasteiger partial charge in [-0.05, 0) is 36.1 Å². The molecule has 0 saturated carbocycles. The highest BCUT2D eigenvalue weighted by Gasteiger charge is 2.29. The van der Waals surface area contributed by atoms with Crippen molar-refractivity contribution in [2.24, 2.45) is 16.5 Å². The lowest BCUT2D eigenvalue weighted by Crippen LogP contribution is -2.56. The molecule has 2 aromatic rings. The maximum atomic E-state index is 13.2. The summed E-state index contributed by atoms with van der Waals surface area (Å²) >= 11 is 0. The van der Waals surface area contributed by atoms with Crippen LogP contribution in [0.4, 0.5) is 0 Å². The van der Waals surface area contributed by atoms with Gasteiger partial charge in [0.1, 0.15) is 23.9 Å². The fourth-order valence-electron chi connectivity index (χ4n) is 3.69. The van der Waals surface area contributed by atoms with Crippen LogP contribution < -0.4 is 27.4 Å². The molecule has 38 heavy (non-hydrogen) atoms. The molecule has 0 saturated heterocycles. The number of hydrogen-bond donors (Lipinski definition) is 7. The van der Waals surface area contributed by atoms with Crippen molar-refractivity contribution < 1.29 is 29.4 Å². The van der Waals surface area contributed by atoms with E-state index in [2.05, 4.69) is 20.9 Å². The molecule has 2 aromatic carbocycles. The monoisotopic (exact) mass is 526 g/mol. The van der Waals surface area contributed by atoms with Crippen LogP contribution in [-0.2, 0) is 32.0 Å². The summed E-state index contributed by atoms with van der Waals surface area (Å²) in [6.45, 7) is 1.47. The second kappa shape index (κ2) is 14.8. The number of rotatable bonds is 14. The predicted octanol–water partition coefficient (Wildman–Crippen LogP) is -0.210. The first-order valence-electron chi connectivity index (χ1n) is 12.0. The summed E-state index contributed by atoms with van der Waals surface area (Å²) in [5, 5.41) is 26.9. The number of aliphatic carboxylic acids is 1. The standard InChI is InChI=1S/C26H34N6O6/c1-16(33)30-21(15-18-9-11-19(34)12-10-18)23(35)32-22(14-17-6-3-2-4-7-17)24(36)31-20(25(37)38)8-5-13-29-26(27)28/h2-4,6-7,9-12,20-22,34H,5,8,13-15H2,1H3,(H,30,33)(H,31,36)(H,32,35)(H,37,38)(H4,27,28,29)/t20-,21-,22-/m0/s1. The van der Waals surface area contributed by atoms with Gasteiger partial charge in [0.2, 0.25) is 17.7 Å². The number of aromatic hydroxyl groups is 1. The topological polar surface area (TPSA) is 209 Å². The van der Waals surface area contributed by atoms with Crippen molar-refractivity contribution in [3.8, 4) is 5.75 Å². The number of amides is 3. The van der Waals surface area contributed by atoms with Gasteiger partial charge in [0.15, 0.2) is 5.96 Å². The average molecular weight is 527 g/mol. The van der Waals surface area contributed by atoms with E-state index < -0.39 is 41.8 Å². The fourth-order valence-corrected chi connectivity index (χ4v) is 3.69. The maximum Gasteiger partial charge on any atom is 0.326 e. The number of nitrogens with zero attached hydrogens (tertiary/aromatic N) is 1. The SMILES string of the molecule is CC(=O)N[C@@H](Cc1ccc(O)cc1)C(=O)N[C@@H](Cc1ccccc1)C(=O)N[C@@H](CCCN=C(N)N)C(=O)O. The van der Waals surface area contributed by atoms with Gasteiger partial charge in [-0.2, -0.15) is 0 Å². The van der Waals surface area contributed by atoms with Crippen molar-refractivity contribution in [3.05, 3.63) is 65.7 Å². The van der Waals surface area contributed by atoms with Crippen molar-refractivity contribution in [3.63, 3.8) is 0 Å². The second-order valence-corrected chi connectivity index (χ2v) is 8.72. The number of carboxylic acids is 1. The van der Waals surface area contributed by atoms with Crippen LogP contribution in [0.1, 0.15) is 30.9 Å². The zero-order valence-corrected chi connectivity index (χ0v) is 21.1. The third kappa shape index (κ3) is 10.6. The van der Waals surface area contributed by atoms with Crippen LogP contribution >= 0.6 is 0 Å². The Morgan fingerprint density at radius 1 is 0.816 bits per heavy atom. The van der Waals surface area contributed by atoms with Crippen LogP contribution in [0.15, 0.2) is 59.6 Å². The molecule has 0 aliphatic rings. The fraction of sp³-hybridized carbons (Fsp3) is 0.346. The van der Waals surface area contributed by atoms with Crippen LogP contribution in [0.25, 0.3) is 0 Å². The van der Waals surface area contributed by atoms with Gasteiger partial charge in [0.25, 0.3) is 0 Å². The van der Waals surface area contributed by atoms with Gasteiger partial charge in [0, 0.05) is 26.3 Å². The summed E-state index contributed by atoms with van der Waals surface area (Å²) < 4.78 is 0. The maximum absolute atomic E-state index is 13.2. The highest BCUT2D eigenvalue weighted by molar-refractivity contribution is 5.93.